The number of carboxylic acid groups (broad SMARTS) is 1. The number of carboxylic acids is 1. The second kappa shape index (κ2) is 8.76. The van der Waals surface area contributed by atoms with E-state index in [1.807, 2.05) is 0 Å². The number of rotatable bonds is 5. The average molecular weight is 465 g/mol. The first-order valence-electron chi connectivity index (χ1n) is 9.71. The van der Waals surface area contributed by atoms with Gasteiger partial charge in [0.25, 0.3) is 5.91 Å². The van der Waals surface area contributed by atoms with Gasteiger partial charge in [-0.25, -0.2) is 9.59 Å². The van der Waals surface area contributed by atoms with Gasteiger partial charge in [-0.3, -0.25) is 4.79 Å². The Labute approximate surface area is 193 Å². The molecule has 8 nitrogen and oxygen atoms in total. The Morgan fingerprint density at radius 3 is 2.52 bits per heavy atom. The van der Waals surface area contributed by atoms with Crippen molar-refractivity contribution < 1.29 is 28.6 Å². The minimum atomic E-state index is -1.20. The first-order valence-corrected chi connectivity index (χ1v) is 10.1. The van der Waals surface area contributed by atoms with Crippen molar-refractivity contribution in [3.8, 4) is 11.3 Å². The molecule has 2 heterocycles. The molecule has 0 unspecified atom stereocenters. The van der Waals surface area contributed by atoms with Crippen molar-refractivity contribution in [3.63, 3.8) is 0 Å². The Balaban J connectivity index is 1.58. The molecule has 1 aliphatic rings. The quantitative estimate of drug-likeness (QED) is 0.425. The number of hydrogen-bond donors (Lipinski definition) is 1. The Kier molecular flexibility index (Phi) is 5.85. The van der Waals surface area contributed by atoms with Gasteiger partial charge in [0.15, 0.2) is 0 Å². The van der Waals surface area contributed by atoms with Crippen LogP contribution >= 0.6 is 11.6 Å². The van der Waals surface area contributed by atoms with Crippen LogP contribution in [0.1, 0.15) is 33.4 Å². The number of ether oxygens (including phenoxy) is 1. The zero-order chi connectivity index (χ0) is 23.7. The molecule has 3 aromatic rings. The highest BCUT2D eigenvalue weighted by molar-refractivity contribution is 6.34. The van der Waals surface area contributed by atoms with Crippen LogP contribution in [0.5, 0.6) is 0 Å². The highest BCUT2D eigenvalue weighted by Crippen LogP contribution is 2.30. The Hall–Kier alpha value is -4.17. The van der Waals surface area contributed by atoms with Gasteiger partial charge >= 0.3 is 11.9 Å². The first-order chi connectivity index (χ1) is 15.8. The molecule has 9 heteroatoms. The van der Waals surface area contributed by atoms with E-state index in [1.165, 1.54) is 25.3 Å². The van der Waals surface area contributed by atoms with Gasteiger partial charge in [0.05, 0.1) is 40.2 Å². The number of halogens is 1. The van der Waals surface area contributed by atoms with Gasteiger partial charge in [0, 0.05) is 5.56 Å². The molecular weight excluding hydrogens is 448 g/mol. The average Bonchev–Trinajstić information content (AvgIpc) is 3.39. The molecule has 4 rings (SSSR count). The van der Waals surface area contributed by atoms with Crippen LogP contribution in [0.2, 0.25) is 5.02 Å². The van der Waals surface area contributed by atoms with Crippen molar-refractivity contribution in [1.82, 2.24) is 0 Å². The van der Waals surface area contributed by atoms with Crippen LogP contribution < -0.4 is 5.01 Å². The maximum absolute atomic E-state index is 13.0. The van der Waals surface area contributed by atoms with E-state index < -0.39 is 17.8 Å². The molecule has 1 amide bonds. The predicted octanol–water partition coefficient (Wildman–Crippen LogP) is 4.89. The number of anilines is 1. The molecule has 0 saturated carbocycles. The lowest BCUT2D eigenvalue weighted by Gasteiger charge is -2.12. The second-order valence-corrected chi connectivity index (χ2v) is 7.51. The maximum Gasteiger partial charge on any atom is 0.337 e. The molecule has 1 N–H and O–H groups in total. The second-order valence-electron chi connectivity index (χ2n) is 7.10. The number of furan rings is 1. The number of methoxy groups -OCH3 is 1. The third-order valence-electron chi connectivity index (χ3n) is 4.99. The minimum absolute atomic E-state index is 0.0668. The number of amides is 1. The van der Waals surface area contributed by atoms with Crippen LogP contribution in [-0.4, -0.2) is 35.8 Å². The lowest BCUT2D eigenvalue weighted by atomic mass is 10.1. The molecule has 33 heavy (non-hydrogen) atoms. The van der Waals surface area contributed by atoms with E-state index in [4.69, 9.17) is 20.8 Å². The third kappa shape index (κ3) is 4.28. The van der Waals surface area contributed by atoms with E-state index in [1.54, 1.807) is 49.4 Å². The molecule has 0 spiro atoms. The molecule has 2 aromatic carbocycles. The van der Waals surface area contributed by atoms with Crippen molar-refractivity contribution in [2.24, 2.45) is 5.10 Å². The molecule has 0 atom stereocenters. The summed E-state index contributed by atoms with van der Waals surface area (Å²) in [6.07, 6.45) is 1.57. The normalized spacial score (nSPS) is 14.5. The van der Waals surface area contributed by atoms with E-state index >= 15 is 0 Å². The van der Waals surface area contributed by atoms with E-state index in [2.05, 4.69) is 5.10 Å². The van der Waals surface area contributed by atoms with E-state index in [0.29, 0.717) is 28.4 Å². The molecule has 1 aliphatic heterocycles. The predicted molar refractivity (Wildman–Crippen MR) is 122 cm³/mol. The van der Waals surface area contributed by atoms with Gasteiger partial charge in [-0.1, -0.05) is 23.7 Å². The van der Waals surface area contributed by atoms with Gasteiger partial charge in [-0.15, -0.1) is 0 Å². The molecule has 1 aromatic heterocycles. The highest BCUT2D eigenvalue weighted by Gasteiger charge is 2.30. The summed E-state index contributed by atoms with van der Waals surface area (Å²) in [6.45, 7) is 1.67. The van der Waals surface area contributed by atoms with Crippen LogP contribution in [-0.2, 0) is 9.53 Å². The van der Waals surface area contributed by atoms with Gasteiger partial charge in [0.1, 0.15) is 11.5 Å². The number of carbonyl (C=O) groups excluding carboxylic acids is 2. The first kappa shape index (κ1) is 22.0. The topological polar surface area (TPSA) is 109 Å². The zero-order valence-corrected chi connectivity index (χ0v) is 18.3. The van der Waals surface area contributed by atoms with Gasteiger partial charge in [-0.2, -0.15) is 10.1 Å². The lowest BCUT2D eigenvalue weighted by molar-refractivity contribution is -0.114. The summed E-state index contributed by atoms with van der Waals surface area (Å²) in [7, 11) is 1.32. The number of hydrazone groups is 1. The molecule has 0 saturated heterocycles. The standard InChI is InChI=1S/C24H17ClN2O6/c1-13-18(22(28)27(26-13)16-7-9-20(25)19(11-16)23(29)30)12-17-8-10-21(33-17)14-3-5-15(6-4-14)24(31)32-2/h3-12H,1-2H3,(H,29,30). The van der Waals surface area contributed by atoms with Crippen molar-refractivity contribution in [3.05, 3.63) is 82.1 Å². The van der Waals surface area contributed by atoms with E-state index in [0.717, 1.165) is 10.6 Å². The van der Waals surface area contributed by atoms with Crippen molar-refractivity contribution in [2.45, 2.75) is 6.92 Å². The molecule has 0 aliphatic carbocycles. The molecule has 0 bridgehead atoms. The fourth-order valence-corrected chi connectivity index (χ4v) is 3.48. The van der Waals surface area contributed by atoms with E-state index in [9.17, 15) is 19.5 Å². The summed E-state index contributed by atoms with van der Waals surface area (Å²) in [6, 6.07) is 14.4. The van der Waals surface area contributed by atoms with Crippen molar-refractivity contribution in [1.29, 1.82) is 0 Å². The van der Waals surface area contributed by atoms with Crippen LogP contribution in [0.3, 0.4) is 0 Å². The smallest absolute Gasteiger partial charge is 0.337 e. The third-order valence-corrected chi connectivity index (χ3v) is 5.32. The molecule has 0 fully saturated rings. The van der Waals surface area contributed by atoms with Gasteiger partial charge in [-0.05, 0) is 55.5 Å². The summed E-state index contributed by atoms with van der Waals surface area (Å²) in [4.78, 5) is 35.9. The summed E-state index contributed by atoms with van der Waals surface area (Å²) in [5.74, 6) is -1.07. The fourth-order valence-electron chi connectivity index (χ4n) is 3.28. The fraction of sp³-hybridized carbons (Fsp3) is 0.0833. The number of aromatic carboxylic acids is 1. The number of benzene rings is 2. The lowest BCUT2D eigenvalue weighted by Crippen LogP contribution is -2.21. The molecule has 0 radical (unpaired) electrons. The SMILES string of the molecule is COC(=O)c1ccc(-c2ccc(C=C3C(=O)N(c4ccc(Cl)c(C(=O)O)c4)N=C3C)o2)cc1. The number of nitrogens with zero attached hydrogens (tertiary/aromatic N) is 2. The summed E-state index contributed by atoms with van der Waals surface area (Å²) in [5, 5.41) is 14.7. The van der Waals surface area contributed by atoms with Crippen LogP contribution in [0.15, 0.2) is 69.7 Å². The minimum Gasteiger partial charge on any atom is -0.478 e. The number of hydrogen-bond acceptors (Lipinski definition) is 6. The Morgan fingerprint density at radius 1 is 1.12 bits per heavy atom. The zero-order valence-electron chi connectivity index (χ0n) is 17.5. The summed E-state index contributed by atoms with van der Waals surface area (Å²) >= 11 is 5.92. The summed E-state index contributed by atoms with van der Waals surface area (Å²) < 4.78 is 10.5. The molecular formula is C24H17ClN2O6. The van der Waals surface area contributed by atoms with Crippen LogP contribution in [0.25, 0.3) is 17.4 Å². The van der Waals surface area contributed by atoms with Crippen molar-refractivity contribution in [2.75, 3.05) is 12.1 Å². The van der Waals surface area contributed by atoms with Gasteiger partial charge in [0.2, 0.25) is 0 Å². The summed E-state index contributed by atoms with van der Waals surface area (Å²) in [5.41, 5.74) is 2.10. The molecule has 166 valence electrons. The van der Waals surface area contributed by atoms with Crippen LogP contribution in [0.4, 0.5) is 5.69 Å². The van der Waals surface area contributed by atoms with Crippen LogP contribution in [0, 0.1) is 0 Å². The maximum atomic E-state index is 13.0. The van der Waals surface area contributed by atoms with Crippen molar-refractivity contribution >= 4 is 46.9 Å². The number of esters is 1. The Bertz CT molecular complexity index is 1340. The highest BCUT2D eigenvalue weighted by atomic mass is 35.5. The van der Waals surface area contributed by atoms with Gasteiger partial charge < -0.3 is 14.3 Å². The monoisotopic (exact) mass is 464 g/mol. The largest absolute Gasteiger partial charge is 0.478 e. The Morgan fingerprint density at radius 2 is 1.85 bits per heavy atom. The number of carbonyl (C=O) groups is 3. The van der Waals surface area contributed by atoms with E-state index in [-0.39, 0.29) is 16.3 Å².